The Balaban J connectivity index is 3.22. The molecule has 74 valence electrons. The monoisotopic (exact) mass is 372 g/mol. The van der Waals surface area contributed by atoms with Crippen molar-refractivity contribution in [2.75, 3.05) is 0 Å². The van der Waals surface area contributed by atoms with Gasteiger partial charge in [-0.1, -0.05) is 0 Å². The van der Waals surface area contributed by atoms with Gasteiger partial charge in [-0.25, -0.2) is 13.8 Å². The summed E-state index contributed by atoms with van der Waals surface area (Å²) in [5.74, 6) is 0. The van der Waals surface area contributed by atoms with Crippen LogP contribution >= 0.6 is 38.5 Å². The van der Waals surface area contributed by atoms with Gasteiger partial charge in [-0.15, -0.1) is 0 Å². The number of pyridine rings is 1. The molecule has 6 heteroatoms. The topological polar surface area (TPSA) is 36.7 Å². The van der Waals surface area contributed by atoms with Crippen LogP contribution in [0.5, 0.6) is 0 Å². The third-order valence-electron chi connectivity index (χ3n) is 1.49. The minimum Gasteiger partial charge on any atom is -0.244 e. The molecule has 0 saturated heterocycles. The van der Waals surface area contributed by atoms with Gasteiger partial charge in [-0.2, -0.15) is 5.26 Å². The molecule has 0 spiro atoms. The lowest BCUT2D eigenvalue weighted by atomic mass is 10.2. The molecule has 0 radical (unpaired) electrons. The van der Waals surface area contributed by atoms with Crippen molar-refractivity contribution in [3.63, 3.8) is 0 Å². The van der Waals surface area contributed by atoms with Crippen molar-refractivity contribution in [1.29, 1.82) is 5.26 Å². The van der Waals surface area contributed by atoms with Crippen LogP contribution in [0.3, 0.4) is 0 Å². The molecular weight excluding hydrogens is 369 g/mol. The number of alkyl halides is 2. The zero-order valence-corrected chi connectivity index (χ0v) is 10.5. The maximum atomic E-state index is 12.5. The van der Waals surface area contributed by atoms with Crippen LogP contribution in [-0.2, 0) is 6.42 Å². The first-order valence-electron chi connectivity index (χ1n) is 3.56. The Bertz CT molecular complexity index is 390. The molecule has 0 aliphatic heterocycles. The van der Waals surface area contributed by atoms with Crippen molar-refractivity contribution >= 4 is 38.5 Å². The van der Waals surface area contributed by atoms with Gasteiger partial charge in [0.15, 0.2) is 0 Å². The van der Waals surface area contributed by atoms with Crippen LogP contribution in [0.25, 0.3) is 0 Å². The van der Waals surface area contributed by atoms with Gasteiger partial charge in [0.25, 0.3) is 6.43 Å². The molecule has 0 bridgehead atoms. The Morgan fingerprint density at radius 2 is 2.29 bits per heavy atom. The van der Waals surface area contributed by atoms with Crippen LogP contribution in [0.1, 0.15) is 17.7 Å². The molecule has 0 saturated carbocycles. The molecule has 2 nitrogen and oxygen atoms in total. The number of aromatic nitrogens is 1. The lowest BCUT2D eigenvalue weighted by Gasteiger charge is -2.06. The number of nitriles is 1. The molecule has 1 heterocycles. The van der Waals surface area contributed by atoms with Gasteiger partial charge < -0.3 is 0 Å². The molecular formula is C8H4BrF2IN2. The SMILES string of the molecule is N#CCc1cc(C(F)F)c(I)c(Br)n1. The summed E-state index contributed by atoms with van der Waals surface area (Å²) in [4.78, 5) is 3.96. The standard InChI is InChI=1S/C8H4BrF2IN2/c9-7-6(12)5(8(10)11)3-4(14-7)1-2-13/h3,8H,1H2. The summed E-state index contributed by atoms with van der Waals surface area (Å²) in [5, 5.41) is 8.41. The number of nitrogens with zero attached hydrogens (tertiary/aromatic N) is 2. The van der Waals surface area contributed by atoms with Gasteiger partial charge in [0.05, 0.1) is 21.8 Å². The van der Waals surface area contributed by atoms with Gasteiger partial charge in [-0.05, 0) is 44.6 Å². The van der Waals surface area contributed by atoms with E-state index in [-0.39, 0.29) is 12.0 Å². The second-order valence-electron chi connectivity index (χ2n) is 2.44. The van der Waals surface area contributed by atoms with Gasteiger partial charge >= 0.3 is 0 Å². The smallest absolute Gasteiger partial charge is 0.244 e. The second-order valence-corrected chi connectivity index (χ2v) is 4.27. The Morgan fingerprint density at radius 3 is 2.79 bits per heavy atom. The van der Waals surface area contributed by atoms with Gasteiger partial charge in [0.2, 0.25) is 0 Å². The molecule has 1 aromatic rings. The van der Waals surface area contributed by atoms with Crippen molar-refractivity contribution in [3.8, 4) is 6.07 Å². The van der Waals surface area contributed by atoms with Gasteiger partial charge in [-0.3, -0.25) is 0 Å². The fourth-order valence-electron chi connectivity index (χ4n) is 0.900. The first-order valence-corrected chi connectivity index (χ1v) is 5.43. The third kappa shape index (κ3) is 2.60. The van der Waals surface area contributed by atoms with E-state index < -0.39 is 6.43 Å². The first kappa shape index (κ1) is 11.8. The van der Waals surface area contributed by atoms with Crippen LogP contribution in [0, 0.1) is 14.9 Å². The van der Waals surface area contributed by atoms with Crippen molar-refractivity contribution in [2.45, 2.75) is 12.8 Å². The Kier molecular flexibility index (Phi) is 4.19. The summed E-state index contributed by atoms with van der Waals surface area (Å²) in [5.41, 5.74) is 0.271. The molecule has 14 heavy (non-hydrogen) atoms. The fraction of sp³-hybridized carbons (Fsp3) is 0.250. The van der Waals surface area contributed by atoms with Crippen LogP contribution in [0.4, 0.5) is 8.78 Å². The van der Waals surface area contributed by atoms with Crippen LogP contribution in [0.2, 0.25) is 0 Å². The van der Waals surface area contributed by atoms with Gasteiger partial charge in [0, 0.05) is 5.56 Å². The molecule has 1 rings (SSSR count). The minimum atomic E-state index is -2.54. The molecule has 0 N–H and O–H groups in total. The second kappa shape index (κ2) is 4.98. The zero-order valence-electron chi connectivity index (χ0n) is 6.77. The Morgan fingerprint density at radius 1 is 1.64 bits per heavy atom. The summed E-state index contributed by atoms with van der Waals surface area (Å²) in [7, 11) is 0. The number of halogens is 4. The summed E-state index contributed by atoms with van der Waals surface area (Å²) >= 11 is 4.87. The fourth-order valence-corrected chi connectivity index (χ4v) is 1.87. The lowest BCUT2D eigenvalue weighted by Crippen LogP contribution is -1.98. The number of hydrogen-bond acceptors (Lipinski definition) is 2. The van der Waals surface area contributed by atoms with Crippen molar-refractivity contribution in [1.82, 2.24) is 4.98 Å². The average molecular weight is 373 g/mol. The maximum Gasteiger partial charge on any atom is 0.265 e. The lowest BCUT2D eigenvalue weighted by molar-refractivity contribution is 0.150. The molecule has 0 atom stereocenters. The van der Waals surface area contributed by atoms with Gasteiger partial charge in [0.1, 0.15) is 4.60 Å². The first-order chi connectivity index (χ1) is 6.56. The zero-order chi connectivity index (χ0) is 10.7. The third-order valence-corrected chi connectivity index (χ3v) is 3.94. The van der Waals surface area contributed by atoms with E-state index in [4.69, 9.17) is 5.26 Å². The van der Waals surface area contributed by atoms with Crippen molar-refractivity contribution < 1.29 is 8.78 Å². The molecule has 0 fully saturated rings. The maximum absolute atomic E-state index is 12.5. The van der Waals surface area contributed by atoms with E-state index in [0.717, 1.165) is 0 Å². The summed E-state index contributed by atoms with van der Waals surface area (Å²) < 4.78 is 25.7. The highest BCUT2D eigenvalue weighted by Gasteiger charge is 2.16. The normalized spacial score (nSPS) is 10.3. The molecule has 0 aliphatic rings. The molecule has 0 unspecified atom stereocenters. The highest BCUT2D eigenvalue weighted by Crippen LogP contribution is 2.29. The number of rotatable bonds is 2. The Labute approximate surface area is 102 Å². The van der Waals surface area contributed by atoms with E-state index in [9.17, 15) is 8.78 Å². The summed E-state index contributed by atoms with van der Waals surface area (Å²) in [6, 6.07) is 3.13. The highest BCUT2D eigenvalue weighted by molar-refractivity contribution is 14.1. The van der Waals surface area contributed by atoms with Crippen LogP contribution in [-0.4, -0.2) is 4.98 Å². The van der Waals surface area contributed by atoms with Crippen LogP contribution in [0.15, 0.2) is 10.7 Å². The van der Waals surface area contributed by atoms with Crippen molar-refractivity contribution in [2.24, 2.45) is 0 Å². The van der Waals surface area contributed by atoms with E-state index in [1.807, 2.05) is 6.07 Å². The molecule has 0 amide bonds. The molecule has 0 aliphatic carbocycles. The van der Waals surface area contributed by atoms with E-state index in [0.29, 0.717) is 13.9 Å². The highest BCUT2D eigenvalue weighted by atomic mass is 127. The van der Waals surface area contributed by atoms with Crippen molar-refractivity contribution in [3.05, 3.63) is 25.5 Å². The Hall–Kier alpha value is -0.290. The van der Waals surface area contributed by atoms with E-state index in [2.05, 4.69) is 20.9 Å². The largest absolute Gasteiger partial charge is 0.265 e. The predicted octanol–water partition coefficient (Wildman–Crippen LogP) is 3.45. The average Bonchev–Trinajstić information content (AvgIpc) is 2.11. The minimum absolute atomic E-state index is 0.0369. The molecule has 1 aromatic heterocycles. The van der Waals surface area contributed by atoms with Crippen LogP contribution < -0.4 is 0 Å². The van der Waals surface area contributed by atoms with E-state index in [1.165, 1.54) is 6.07 Å². The van der Waals surface area contributed by atoms with E-state index >= 15 is 0 Å². The molecule has 0 aromatic carbocycles. The van der Waals surface area contributed by atoms with E-state index in [1.54, 1.807) is 22.6 Å². The quantitative estimate of drug-likeness (QED) is 0.589. The number of hydrogen-bond donors (Lipinski definition) is 0. The summed E-state index contributed by atoms with van der Waals surface area (Å²) in [6.45, 7) is 0. The predicted molar refractivity (Wildman–Crippen MR) is 58.9 cm³/mol. The summed E-state index contributed by atoms with van der Waals surface area (Å²) in [6.07, 6.45) is -2.51.